The summed E-state index contributed by atoms with van der Waals surface area (Å²) < 4.78 is 26.7. The number of likely N-dealkylation sites (tertiary alicyclic amines) is 1. The number of halogens is 2. The number of β-lactam (4-membered cyclic amide) rings is 1. The van der Waals surface area contributed by atoms with Gasteiger partial charge in [0.1, 0.15) is 17.0 Å². The van der Waals surface area contributed by atoms with Gasteiger partial charge in [-0.3, -0.25) is 9.69 Å². The fourth-order valence-corrected chi connectivity index (χ4v) is 3.68. The van der Waals surface area contributed by atoms with Crippen LogP contribution in [0.1, 0.15) is 24.9 Å². The fraction of sp³-hybridized carbons (Fsp3) is 0.222. The Bertz CT molecular complexity index is 801. The average Bonchev–Trinajstić information content (AvgIpc) is 2.57. The second kappa shape index (κ2) is 7.23. The van der Waals surface area contributed by atoms with Crippen LogP contribution in [-0.4, -0.2) is 22.2 Å². The summed E-state index contributed by atoms with van der Waals surface area (Å²) in [6.07, 6.45) is 0.134. The maximum absolute atomic E-state index is 13.8. The summed E-state index contributed by atoms with van der Waals surface area (Å²) in [4.78, 5) is 25.5. The molecule has 0 aliphatic carbocycles. The van der Waals surface area contributed by atoms with E-state index in [1.165, 1.54) is 6.07 Å². The summed E-state index contributed by atoms with van der Waals surface area (Å²) in [6.45, 7) is 1.82. The van der Waals surface area contributed by atoms with E-state index < -0.39 is 23.0 Å². The van der Waals surface area contributed by atoms with Gasteiger partial charge in [-0.15, -0.1) is 0 Å². The van der Waals surface area contributed by atoms with Crippen molar-refractivity contribution in [2.45, 2.75) is 29.7 Å². The van der Waals surface area contributed by atoms with E-state index in [4.69, 9.17) is 0 Å². The normalized spacial score (nSPS) is 17.8. The minimum atomic E-state index is -0.706. The van der Waals surface area contributed by atoms with Crippen molar-refractivity contribution in [3.05, 3.63) is 65.7 Å². The summed E-state index contributed by atoms with van der Waals surface area (Å²) in [7, 11) is 0. The minimum absolute atomic E-state index is 0.134. The molecule has 0 spiro atoms. The first-order chi connectivity index (χ1) is 12.0. The fourth-order valence-electron chi connectivity index (χ4n) is 2.52. The third kappa shape index (κ3) is 3.82. The van der Waals surface area contributed by atoms with Crippen molar-refractivity contribution >= 4 is 23.7 Å². The molecule has 1 fully saturated rings. The maximum Gasteiger partial charge on any atom is 0.325 e. The quantitative estimate of drug-likeness (QED) is 0.834. The summed E-state index contributed by atoms with van der Waals surface area (Å²) in [5.41, 5.74) is 0.914. The lowest BCUT2D eigenvalue weighted by molar-refractivity contribution is -0.137. The molecular weight excluding hydrogens is 346 g/mol. The van der Waals surface area contributed by atoms with Crippen molar-refractivity contribution in [3.8, 4) is 0 Å². The van der Waals surface area contributed by atoms with Crippen molar-refractivity contribution in [3.63, 3.8) is 0 Å². The molecule has 2 atom stereocenters. The number of urea groups is 1. The predicted octanol–water partition coefficient (Wildman–Crippen LogP) is 4.09. The van der Waals surface area contributed by atoms with Gasteiger partial charge in [-0.1, -0.05) is 42.1 Å². The molecule has 3 rings (SSSR count). The summed E-state index contributed by atoms with van der Waals surface area (Å²) in [5, 5.41) is 2.26. The Kier molecular flexibility index (Phi) is 5.03. The van der Waals surface area contributed by atoms with Crippen LogP contribution < -0.4 is 5.32 Å². The lowest BCUT2D eigenvalue weighted by Gasteiger charge is -2.38. The van der Waals surface area contributed by atoms with Crippen LogP contribution in [0.25, 0.3) is 0 Å². The molecule has 0 saturated carbocycles. The number of rotatable bonds is 4. The Morgan fingerprint density at radius 3 is 2.60 bits per heavy atom. The highest BCUT2D eigenvalue weighted by atomic mass is 32.2. The van der Waals surface area contributed by atoms with Crippen LogP contribution >= 0.6 is 11.8 Å². The van der Waals surface area contributed by atoms with E-state index >= 15 is 0 Å². The molecule has 0 radical (unpaired) electrons. The number of carbonyl (C=O) groups is 2. The predicted molar refractivity (Wildman–Crippen MR) is 90.9 cm³/mol. The molecule has 7 heteroatoms. The summed E-state index contributed by atoms with van der Waals surface area (Å²) >= 11 is 1.03. The largest absolute Gasteiger partial charge is 0.331 e. The van der Waals surface area contributed by atoms with Crippen LogP contribution in [0.4, 0.5) is 13.6 Å². The number of thioether (sulfide) groups is 1. The van der Waals surface area contributed by atoms with Gasteiger partial charge in [0.05, 0.1) is 12.5 Å². The average molecular weight is 362 g/mol. The van der Waals surface area contributed by atoms with Gasteiger partial charge in [0.15, 0.2) is 0 Å². The highest BCUT2D eigenvalue weighted by molar-refractivity contribution is 8.00. The number of nitrogens with one attached hydrogen (secondary N) is 1. The molecule has 1 heterocycles. The lowest BCUT2D eigenvalue weighted by Crippen LogP contribution is -2.57. The summed E-state index contributed by atoms with van der Waals surface area (Å²) in [5.74, 6) is -1.70. The van der Waals surface area contributed by atoms with Gasteiger partial charge in [-0.05, 0) is 24.6 Å². The molecule has 3 amide bonds. The first kappa shape index (κ1) is 17.4. The number of hydrogen-bond acceptors (Lipinski definition) is 3. The molecule has 0 unspecified atom stereocenters. The zero-order chi connectivity index (χ0) is 18.0. The molecule has 2 aromatic carbocycles. The molecule has 0 aromatic heterocycles. The van der Waals surface area contributed by atoms with Crippen LogP contribution in [0.5, 0.6) is 0 Å². The van der Waals surface area contributed by atoms with E-state index in [1.54, 1.807) is 0 Å². The second-order valence-electron chi connectivity index (χ2n) is 5.70. The maximum atomic E-state index is 13.8. The van der Waals surface area contributed by atoms with Crippen molar-refractivity contribution < 1.29 is 18.4 Å². The Morgan fingerprint density at radius 1 is 1.24 bits per heavy atom. The Morgan fingerprint density at radius 2 is 1.96 bits per heavy atom. The number of amides is 3. The van der Waals surface area contributed by atoms with Crippen LogP contribution in [0.2, 0.25) is 0 Å². The van der Waals surface area contributed by atoms with Gasteiger partial charge in [0.25, 0.3) is 0 Å². The highest BCUT2D eigenvalue weighted by Crippen LogP contribution is 2.36. The number of nitrogens with zero attached hydrogens (tertiary/aromatic N) is 1. The second-order valence-corrected chi connectivity index (χ2v) is 6.92. The van der Waals surface area contributed by atoms with Crippen molar-refractivity contribution in [2.24, 2.45) is 0 Å². The highest BCUT2D eigenvalue weighted by Gasteiger charge is 2.42. The number of carbonyl (C=O) groups excluding carboxylic acids is 2. The third-order valence-electron chi connectivity index (χ3n) is 3.92. The van der Waals surface area contributed by atoms with Gasteiger partial charge in [-0.2, -0.15) is 0 Å². The van der Waals surface area contributed by atoms with Crippen LogP contribution in [0, 0.1) is 11.6 Å². The molecule has 25 heavy (non-hydrogen) atoms. The SMILES string of the molecule is C[C@H](NC(=O)N1C(=O)C[C@@H]1Sc1ccc(F)cc1F)c1ccccc1. The Hall–Kier alpha value is -2.41. The number of imide groups is 1. The molecule has 4 nitrogen and oxygen atoms in total. The first-order valence-electron chi connectivity index (χ1n) is 7.75. The molecule has 130 valence electrons. The topological polar surface area (TPSA) is 49.4 Å². The number of benzene rings is 2. The standard InChI is InChI=1S/C18H16F2N2O2S/c1-11(12-5-3-2-4-6-12)21-18(24)22-16(23)10-17(22)25-15-8-7-13(19)9-14(15)20/h2-9,11,17H,10H2,1H3,(H,21,24)/t11-,17-/m0/s1. The number of hydrogen-bond donors (Lipinski definition) is 1. The molecule has 1 saturated heterocycles. The summed E-state index contributed by atoms with van der Waals surface area (Å²) in [6, 6.07) is 11.8. The van der Waals surface area contributed by atoms with E-state index in [1.807, 2.05) is 37.3 Å². The van der Waals surface area contributed by atoms with Crippen molar-refractivity contribution in [1.82, 2.24) is 10.2 Å². The van der Waals surface area contributed by atoms with E-state index in [0.29, 0.717) is 0 Å². The zero-order valence-corrected chi connectivity index (χ0v) is 14.2. The molecule has 1 aliphatic rings. The monoisotopic (exact) mass is 362 g/mol. The molecule has 2 aromatic rings. The lowest BCUT2D eigenvalue weighted by atomic mass is 10.1. The van der Waals surface area contributed by atoms with Gasteiger partial charge in [0.2, 0.25) is 5.91 Å². The van der Waals surface area contributed by atoms with Gasteiger partial charge in [0, 0.05) is 11.0 Å². The molecule has 0 bridgehead atoms. The van der Waals surface area contributed by atoms with E-state index in [2.05, 4.69) is 5.32 Å². The first-order valence-corrected chi connectivity index (χ1v) is 8.63. The van der Waals surface area contributed by atoms with Gasteiger partial charge < -0.3 is 5.32 Å². The molecule has 1 aliphatic heterocycles. The van der Waals surface area contributed by atoms with E-state index in [-0.39, 0.29) is 23.3 Å². The minimum Gasteiger partial charge on any atom is -0.331 e. The van der Waals surface area contributed by atoms with E-state index in [0.717, 1.165) is 34.4 Å². The van der Waals surface area contributed by atoms with E-state index in [9.17, 15) is 18.4 Å². The Labute approximate surface area is 148 Å². The van der Waals surface area contributed by atoms with Gasteiger partial charge in [-0.25, -0.2) is 13.6 Å². The molecular formula is C18H16F2N2O2S. The van der Waals surface area contributed by atoms with Crippen LogP contribution in [-0.2, 0) is 4.79 Å². The third-order valence-corrected chi connectivity index (χ3v) is 5.16. The van der Waals surface area contributed by atoms with Crippen molar-refractivity contribution in [1.29, 1.82) is 0 Å². The zero-order valence-electron chi connectivity index (χ0n) is 13.4. The Balaban J connectivity index is 1.66. The van der Waals surface area contributed by atoms with Crippen LogP contribution in [0.15, 0.2) is 53.4 Å². The smallest absolute Gasteiger partial charge is 0.325 e. The van der Waals surface area contributed by atoms with Crippen molar-refractivity contribution in [2.75, 3.05) is 0 Å². The molecule has 1 N–H and O–H groups in total. The van der Waals surface area contributed by atoms with Crippen LogP contribution in [0.3, 0.4) is 0 Å². The van der Waals surface area contributed by atoms with Gasteiger partial charge >= 0.3 is 6.03 Å².